The fraction of sp³-hybridized carbons (Fsp3) is 0.276. The fourth-order valence-corrected chi connectivity index (χ4v) is 6.07. The number of unbranched alkanes of at least 4 members (excludes halogenated alkanes) is 1. The zero-order chi connectivity index (χ0) is 23.4. The van der Waals surface area contributed by atoms with Crippen LogP contribution in [-0.4, -0.2) is 24.4 Å². The predicted octanol–water partition coefficient (Wildman–Crippen LogP) is 5.04. The number of amides is 2. The van der Waals surface area contributed by atoms with Crippen LogP contribution in [0, 0.1) is 11.8 Å². The van der Waals surface area contributed by atoms with Gasteiger partial charge < -0.3 is 4.74 Å². The van der Waals surface area contributed by atoms with Crippen molar-refractivity contribution in [2.45, 2.75) is 31.6 Å². The maximum absolute atomic E-state index is 13.8. The molecule has 34 heavy (non-hydrogen) atoms. The number of hydrogen-bond donors (Lipinski definition) is 0. The number of imide groups is 1. The smallest absolute Gasteiger partial charge is 0.338 e. The van der Waals surface area contributed by atoms with Crippen LogP contribution in [0.25, 0.3) is 0 Å². The Morgan fingerprint density at radius 2 is 1.24 bits per heavy atom. The second-order valence-electron chi connectivity index (χ2n) is 9.31. The summed E-state index contributed by atoms with van der Waals surface area (Å²) < 4.78 is 5.27. The van der Waals surface area contributed by atoms with Gasteiger partial charge in [-0.1, -0.05) is 61.9 Å². The number of esters is 1. The molecule has 0 aromatic heterocycles. The van der Waals surface area contributed by atoms with Crippen LogP contribution in [0.3, 0.4) is 0 Å². The maximum Gasteiger partial charge on any atom is 0.338 e. The zero-order valence-corrected chi connectivity index (χ0v) is 18.9. The minimum Gasteiger partial charge on any atom is -0.462 e. The van der Waals surface area contributed by atoms with Crippen LogP contribution in [0.1, 0.15) is 64.2 Å². The molecule has 4 aliphatic rings. The van der Waals surface area contributed by atoms with Crippen molar-refractivity contribution >= 4 is 23.5 Å². The molecule has 0 unspecified atom stereocenters. The van der Waals surface area contributed by atoms with E-state index in [9.17, 15) is 14.4 Å². The van der Waals surface area contributed by atoms with Gasteiger partial charge in [0.25, 0.3) is 0 Å². The summed E-state index contributed by atoms with van der Waals surface area (Å²) in [6, 6.07) is 23.0. The lowest BCUT2D eigenvalue weighted by molar-refractivity contribution is -0.122. The molecule has 3 aliphatic carbocycles. The van der Waals surface area contributed by atoms with Gasteiger partial charge in [0, 0.05) is 11.8 Å². The Hall–Kier alpha value is -3.73. The molecule has 0 radical (unpaired) electrons. The average Bonchev–Trinajstić information content (AvgIpc) is 3.14. The van der Waals surface area contributed by atoms with Crippen molar-refractivity contribution in [3.05, 3.63) is 101 Å². The minimum atomic E-state index is -0.416. The molecule has 170 valence electrons. The van der Waals surface area contributed by atoms with Gasteiger partial charge in [0.05, 0.1) is 29.7 Å². The summed E-state index contributed by atoms with van der Waals surface area (Å²) in [4.78, 5) is 41.1. The third-order valence-electron chi connectivity index (χ3n) is 7.54. The van der Waals surface area contributed by atoms with Crippen LogP contribution in [0.2, 0.25) is 0 Å². The minimum absolute atomic E-state index is 0.128. The van der Waals surface area contributed by atoms with E-state index in [0.717, 1.165) is 35.1 Å². The van der Waals surface area contributed by atoms with E-state index in [2.05, 4.69) is 24.3 Å². The van der Waals surface area contributed by atoms with E-state index in [0.29, 0.717) is 17.9 Å². The zero-order valence-electron chi connectivity index (χ0n) is 18.9. The van der Waals surface area contributed by atoms with Crippen molar-refractivity contribution in [3.8, 4) is 0 Å². The van der Waals surface area contributed by atoms with Crippen LogP contribution in [-0.2, 0) is 14.3 Å². The van der Waals surface area contributed by atoms with E-state index < -0.39 is 17.8 Å². The van der Waals surface area contributed by atoms with E-state index in [4.69, 9.17) is 4.74 Å². The molecule has 0 N–H and O–H groups in total. The Labute approximate surface area is 198 Å². The lowest BCUT2D eigenvalue weighted by Crippen LogP contribution is -2.41. The number of nitrogens with zero attached hydrogens (tertiary/aromatic N) is 1. The van der Waals surface area contributed by atoms with Gasteiger partial charge in [-0.25, -0.2) is 9.69 Å². The molecular formula is C29H25NO4. The number of rotatable bonds is 5. The molecule has 1 fully saturated rings. The molecular weight excluding hydrogens is 426 g/mol. The molecule has 0 saturated carbocycles. The van der Waals surface area contributed by atoms with Crippen LogP contribution < -0.4 is 4.90 Å². The SMILES string of the molecule is CCCCOC(=O)c1ccc(N2C(=O)[C@@H]3C4c5ccccc5C(c5ccccc54)[C@@H]3C2=O)cc1. The van der Waals surface area contributed by atoms with E-state index in [1.54, 1.807) is 24.3 Å². The number of carbonyl (C=O) groups is 3. The lowest BCUT2D eigenvalue weighted by atomic mass is 9.55. The van der Waals surface area contributed by atoms with Gasteiger partial charge in [-0.2, -0.15) is 0 Å². The van der Waals surface area contributed by atoms with Crippen molar-refractivity contribution in [1.29, 1.82) is 0 Å². The summed E-state index contributed by atoms with van der Waals surface area (Å²) in [5.74, 6) is -1.80. The third-order valence-corrected chi connectivity index (χ3v) is 7.54. The topological polar surface area (TPSA) is 63.7 Å². The summed E-state index contributed by atoms with van der Waals surface area (Å²) in [7, 11) is 0. The molecule has 1 aliphatic heterocycles. The monoisotopic (exact) mass is 451 g/mol. The second kappa shape index (κ2) is 7.94. The summed E-state index contributed by atoms with van der Waals surface area (Å²) in [5.41, 5.74) is 5.53. The van der Waals surface area contributed by atoms with Gasteiger partial charge in [0.2, 0.25) is 11.8 Å². The molecule has 2 amide bonds. The first-order valence-corrected chi connectivity index (χ1v) is 11.9. The fourth-order valence-electron chi connectivity index (χ4n) is 6.07. The Bertz CT molecular complexity index is 1200. The maximum atomic E-state index is 13.8. The van der Waals surface area contributed by atoms with Gasteiger partial charge in [-0.3, -0.25) is 9.59 Å². The highest BCUT2D eigenvalue weighted by atomic mass is 16.5. The first-order valence-electron chi connectivity index (χ1n) is 11.9. The van der Waals surface area contributed by atoms with Crippen LogP contribution in [0.5, 0.6) is 0 Å². The molecule has 2 bridgehead atoms. The Morgan fingerprint density at radius 1 is 0.765 bits per heavy atom. The molecule has 7 rings (SSSR count). The van der Waals surface area contributed by atoms with Crippen molar-refractivity contribution in [2.75, 3.05) is 11.5 Å². The first-order chi connectivity index (χ1) is 16.6. The first kappa shape index (κ1) is 20.8. The van der Waals surface area contributed by atoms with Crippen molar-refractivity contribution in [2.24, 2.45) is 11.8 Å². The van der Waals surface area contributed by atoms with Gasteiger partial charge in [0.1, 0.15) is 0 Å². The van der Waals surface area contributed by atoms with E-state index in [1.165, 1.54) is 4.90 Å². The molecule has 2 atom stereocenters. The van der Waals surface area contributed by atoms with Crippen molar-refractivity contribution in [1.82, 2.24) is 0 Å². The molecule has 3 aromatic carbocycles. The van der Waals surface area contributed by atoms with Gasteiger partial charge in [-0.15, -0.1) is 0 Å². The van der Waals surface area contributed by atoms with Gasteiger partial charge >= 0.3 is 5.97 Å². The van der Waals surface area contributed by atoms with Crippen molar-refractivity contribution < 1.29 is 19.1 Å². The predicted molar refractivity (Wildman–Crippen MR) is 128 cm³/mol. The van der Waals surface area contributed by atoms with E-state index in [1.807, 2.05) is 31.2 Å². The standard InChI is InChI=1S/C29H25NO4/c1-2-3-16-34-29(33)17-12-14-18(15-13-17)30-27(31)25-23-19-8-4-5-9-20(19)24(26(25)28(30)32)22-11-7-6-10-21(22)23/h4-15,23-26H,2-3,16H2,1H3/t23?,24?,25-,26+. The average molecular weight is 452 g/mol. The van der Waals surface area contributed by atoms with Crippen molar-refractivity contribution in [3.63, 3.8) is 0 Å². The molecule has 5 heteroatoms. The van der Waals surface area contributed by atoms with Gasteiger partial charge in [-0.05, 0) is 52.9 Å². The van der Waals surface area contributed by atoms with Crippen LogP contribution in [0.15, 0.2) is 72.8 Å². The molecule has 1 saturated heterocycles. The van der Waals surface area contributed by atoms with Gasteiger partial charge in [0.15, 0.2) is 0 Å². The number of benzene rings is 3. The quantitative estimate of drug-likeness (QED) is 0.310. The Balaban J connectivity index is 1.36. The second-order valence-corrected chi connectivity index (χ2v) is 9.31. The molecule has 1 heterocycles. The number of ether oxygens (including phenoxy) is 1. The highest BCUT2D eigenvalue weighted by molar-refractivity contribution is 6.23. The molecule has 5 nitrogen and oxygen atoms in total. The summed E-state index contributed by atoms with van der Waals surface area (Å²) >= 11 is 0. The largest absolute Gasteiger partial charge is 0.462 e. The van der Waals surface area contributed by atoms with E-state index >= 15 is 0 Å². The van der Waals surface area contributed by atoms with E-state index in [-0.39, 0.29) is 23.7 Å². The number of hydrogen-bond acceptors (Lipinski definition) is 4. The highest BCUT2D eigenvalue weighted by Gasteiger charge is 2.61. The Morgan fingerprint density at radius 3 is 1.68 bits per heavy atom. The summed E-state index contributed by atoms with van der Waals surface area (Å²) in [6.45, 7) is 2.42. The third kappa shape index (κ3) is 2.89. The molecule has 3 aromatic rings. The molecule has 0 spiro atoms. The number of anilines is 1. The Kier molecular flexibility index (Phi) is 4.87. The van der Waals surface area contributed by atoms with Crippen LogP contribution >= 0.6 is 0 Å². The summed E-state index contributed by atoms with van der Waals surface area (Å²) in [5, 5.41) is 0. The van der Waals surface area contributed by atoms with Crippen LogP contribution in [0.4, 0.5) is 5.69 Å². The highest BCUT2D eigenvalue weighted by Crippen LogP contribution is 2.61. The normalized spacial score (nSPS) is 24.0. The summed E-state index contributed by atoms with van der Waals surface area (Å²) in [6.07, 6.45) is 1.76. The lowest BCUT2D eigenvalue weighted by Gasteiger charge is -2.45. The number of carbonyl (C=O) groups excluding carboxylic acids is 3.